The Bertz CT molecular complexity index is 545. The molecule has 0 aliphatic heterocycles. The van der Waals surface area contributed by atoms with Crippen LogP contribution in [0.25, 0.3) is 11.5 Å². The highest BCUT2D eigenvalue weighted by Crippen LogP contribution is 2.28. The Kier molecular flexibility index (Phi) is 2.48. The van der Waals surface area contributed by atoms with Crippen LogP contribution < -0.4 is 5.73 Å². The van der Waals surface area contributed by atoms with E-state index in [1.165, 1.54) is 5.56 Å². The normalized spacial score (nSPS) is 19.1. The summed E-state index contributed by atoms with van der Waals surface area (Å²) in [6.07, 6.45) is 2.75. The van der Waals surface area contributed by atoms with E-state index in [4.69, 9.17) is 10.2 Å². The first-order valence-corrected chi connectivity index (χ1v) is 6.04. The molecule has 0 saturated heterocycles. The maximum absolute atomic E-state index is 5.95. The van der Waals surface area contributed by atoms with E-state index in [9.17, 15) is 0 Å². The van der Waals surface area contributed by atoms with Crippen molar-refractivity contribution in [2.75, 3.05) is 0 Å². The molecule has 0 radical (unpaired) electrons. The van der Waals surface area contributed by atoms with Crippen molar-refractivity contribution in [2.24, 2.45) is 5.73 Å². The predicted octanol–water partition coefficient (Wildman–Crippen LogP) is 2.47. The fourth-order valence-corrected chi connectivity index (χ4v) is 2.33. The Morgan fingerprint density at radius 1 is 1.35 bits per heavy atom. The number of fused-ring (bicyclic) bond motifs is 1. The standard InChI is InChI=1S/C14H16N2O/c1-9-4-2-3-5-11(9)14-16-12-8-10(15)6-7-13(12)17-14/h2-5,10H,6-8,15H2,1H3. The van der Waals surface area contributed by atoms with E-state index in [1.807, 2.05) is 18.2 Å². The molecule has 0 spiro atoms. The third-order valence-electron chi connectivity index (χ3n) is 3.35. The van der Waals surface area contributed by atoms with Crippen LogP contribution in [0.3, 0.4) is 0 Å². The van der Waals surface area contributed by atoms with Gasteiger partial charge in [0.1, 0.15) is 5.76 Å². The second-order valence-electron chi connectivity index (χ2n) is 4.71. The summed E-state index contributed by atoms with van der Waals surface area (Å²) in [7, 11) is 0. The summed E-state index contributed by atoms with van der Waals surface area (Å²) in [4.78, 5) is 4.59. The number of hydrogen-bond donors (Lipinski definition) is 1. The van der Waals surface area contributed by atoms with Crippen LogP contribution in [0.15, 0.2) is 28.7 Å². The summed E-state index contributed by atoms with van der Waals surface area (Å²) < 4.78 is 5.85. The fraction of sp³-hybridized carbons (Fsp3) is 0.357. The average molecular weight is 228 g/mol. The Morgan fingerprint density at radius 3 is 3.00 bits per heavy atom. The molecule has 2 N–H and O–H groups in total. The molecule has 17 heavy (non-hydrogen) atoms. The van der Waals surface area contributed by atoms with Crippen LogP contribution in [0.5, 0.6) is 0 Å². The molecule has 2 aromatic rings. The van der Waals surface area contributed by atoms with Crippen molar-refractivity contribution in [3.8, 4) is 11.5 Å². The number of aromatic nitrogens is 1. The van der Waals surface area contributed by atoms with Crippen LogP contribution in [-0.4, -0.2) is 11.0 Å². The van der Waals surface area contributed by atoms with Crippen molar-refractivity contribution < 1.29 is 4.42 Å². The number of hydrogen-bond acceptors (Lipinski definition) is 3. The number of benzene rings is 1. The molecule has 0 saturated carbocycles. The van der Waals surface area contributed by atoms with Crippen LogP contribution >= 0.6 is 0 Å². The largest absolute Gasteiger partial charge is 0.441 e. The van der Waals surface area contributed by atoms with E-state index in [-0.39, 0.29) is 6.04 Å². The Labute approximate surface area is 101 Å². The molecular weight excluding hydrogens is 212 g/mol. The Balaban J connectivity index is 2.03. The molecule has 0 amide bonds. The van der Waals surface area contributed by atoms with Crippen molar-refractivity contribution in [3.63, 3.8) is 0 Å². The number of nitrogens with zero attached hydrogens (tertiary/aromatic N) is 1. The van der Waals surface area contributed by atoms with Crippen molar-refractivity contribution in [2.45, 2.75) is 32.2 Å². The first-order valence-electron chi connectivity index (χ1n) is 6.04. The van der Waals surface area contributed by atoms with Gasteiger partial charge >= 0.3 is 0 Å². The zero-order chi connectivity index (χ0) is 11.8. The van der Waals surface area contributed by atoms with E-state index < -0.39 is 0 Å². The first kappa shape index (κ1) is 10.5. The van der Waals surface area contributed by atoms with E-state index in [0.717, 1.165) is 42.2 Å². The van der Waals surface area contributed by atoms with Gasteiger partial charge in [-0.2, -0.15) is 0 Å². The van der Waals surface area contributed by atoms with Crippen LogP contribution in [0.2, 0.25) is 0 Å². The molecule has 1 unspecified atom stereocenters. The maximum atomic E-state index is 5.95. The summed E-state index contributed by atoms with van der Waals surface area (Å²) in [6, 6.07) is 8.39. The minimum atomic E-state index is 0.234. The van der Waals surface area contributed by atoms with Gasteiger partial charge in [0.15, 0.2) is 0 Å². The predicted molar refractivity (Wildman–Crippen MR) is 66.7 cm³/mol. The highest BCUT2D eigenvalue weighted by Gasteiger charge is 2.22. The fourth-order valence-electron chi connectivity index (χ4n) is 2.33. The van der Waals surface area contributed by atoms with Gasteiger partial charge in [-0.3, -0.25) is 0 Å². The van der Waals surface area contributed by atoms with Crippen LogP contribution in [0, 0.1) is 6.92 Å². The van der Waals surface area contributed by atoms with Gasteiger partial charge in [-0.1, -0.05) is 18.2 Å². The lowest BCUT2D eigenvalue weighted by atomic mass is 9.98. The lowest BCUT2D eigenvalue weighted by Gasteiger charge is -2.14. The van der Waals surface area contributed by atoms with Gasteiger partial charge in [-0.25, -0.2) is 4.98 Å². The van der Waals surface area contributed by atoms with E-state index in [2.05, 4.69) is 18.0 Å². The van der Waals surface area contributed by atoms with E-state index in [1.54, 1.807) is 0 Å². The van der Waals surface area contributed by atoms with Gasteiger partial charge in [0.05, 0.1) is 5.69 Å². The Morgan fingerprint density at radius 2 is 2.18 bits per heavy atom. The molecule has 3 rings (SSSR count). The summed E-state index contributed by atoms with van der Waals surface area (Å²) >= 11 is 0. The molecule has 1 aromatic heterocycles. The molecule has 0 bridgehead atoms. The molecule has 1 atom stereocenters. The van der Waals surface area contributed by atoms with Gasteiger partial charge in [0, 0.05) is 24.4 Å². The minimum absolute atomic E-state index is 0.234. The lowest BCUT2D eigenvalue weighted by molar-refractivity contribution is 0.463. The number of nitrogens with two attached hydrogens (primary N) is 1. The second-order valence-corrected chi connectivity index (χ2v) is 4.71. The van der Waals surface area contributed by atoms with Gasteiger partial charge in [-0.15, -0.1) is 0 Å². The first-order chi connectivity index (χ1) is 8.24. The van der Waals surface area contributed by atoms with E-state index in [0.29, 0.717) is 0 Å². The monoisotopic (exact) mass is 228 g/mol. The highest BCUT2D eigenvalue weighted by atomic mass is 16.4. The molecule has 1 aliphatic carbocycles. The molecule has 88 valence electrons. The summed E-state index contributed by atoms with van der Waals surface area (Å²) in [5.41, 5.74) is 9.26. The van der Waals surface area contributed by atoms with Gasteiger partial charge in [0.25, 0.3) is 0 Å². The smallest absolute Gasteiger partial charge is 0.226 e. The maximum Gasteiger partial charge on any atom is 0.226 e. The Hall–Kier alpha value is -1.61. The zero-order valence-corrected chi connectivity index (χ0v) is 9.94. The lowest BCUT2D eigenvalue weighted by Crippen LogP contribution is -2.27. The zero-order valence-electron chi connectivity index (χ0n) is 9.94. The van der Waals surface area contributed by atoms with Crippen LogP contribution in [0.4, 0.5) is 0 Å². The van der Waals surface area contributed by atoms with Crippen LogP contribution in [0.1, 0.15) is 23.4 Å². The minimum Gasteiger partial charge on any atom is -0.441 e. The molecule has 3 heteroatoms. The van der Waals surface area contributed by atoms with Crippen LogP contribution in [-0.2, 0) is 12.8 Å². The second kappa shape index (κ2) is 4.00. The summed E-state index contributed by atoms with van der Waals surface area (Å²) in [5, 5.41) is 0. The van der Waals surface area contributed by atoms with Crippen molar-refractivity contribution >= 4 is 0 Å². The average Bonchev–Trinajstić information content (AvgIpc) is 2.72. The SMILES string of the molecule is Cc1ccccc1-c1nc2c(o1)CCC(N)C2. The third kappa shape index (κ3) is 1.87. The topological polar surface area (TPSA) is 52.0 Å². The molecule has 1 aliphatic rings. The molecule has 3 nitrogen and oxygen atoms in total. The quantitative estimate of drug-likeness (QED) is 0.815. The summed E-state index contributed by atoms with van der Waals surface area (Å²) in [5.74, 6) is 1.76. The summed E-state index contributed by atoms with van der Waals surface area (Å²) in [6.45, 7) is 2.07. The number of aryl methyl sites for hydroxylation is 2. The van der Waals surface area contributed by atoms with Crippen molar-refractivity contribution in [1.29, 1.82) is 0 Å². The van der Waals surface area contributed by atoms with Crippen molar-refractivity contribution in [1.82, 2.24) is 4.98 Å². The van der Waals surface area contributed by atoms with Gasteiger partial charge in [-0.05, 0) is 25.0 Å². The number of rotatable bonds is 1. The van der Waals surface area contributed by atoms with Crippen molar-refractivity contribution in [3.05, 3.63) is 41.3 Å². The molecule has 1 aromatic carbocycles. The van der Waals surface area contributed by atoms with E-state index >= 15 is 0 Å². The van der Waals surface area contributed by atoms with Gasteiger partial charge < -0.3 is 10.2 Å². The van der Waals surface area contributed by atoms with Gasteiger partial charge in [0.2, 0.25) is 5.89 Å². The molecule has 0 fully saturated rings. The molecule has 1 heterocycles. The highest BCUT2D eigenvalue weighted by molar-refractivity contribution is 5.58. The molecular formula is C14H16N2O. The number of oxazole rings is 1. The third-order valence-corrected chi connectivity index (χ3v) is 3.35.